The molecule has 2 atom stereocenters. The molecule has 6 heteroatoms. The highest BCUT2D eigenvalue weighted by atomic mass is 19.1. The molecule has 0 heterocycles. The molecule has 1 aliphatic rings. The minimum Gasteiger partial charge on any atom is -0.390 e. The maximum atomic E-state index is 13.8. The second-order valence-corrected chi connectivity index (χ2v) is 10.0. The van der Waals surface area contributed by atoms with Gasteiger partial charge in [-0.1, -0.05) is 56.2 Å². The van der Waals surface area contributed by atoms with Gasteiger partial charge in [-0.05, 0) is 78.1 Å². The summed E-state index contributed by atoms with van der Waals surface area (Å²) in [5.41, 5.74) is 4.39. The first kappa shape index (κ1) is 27.0. The van der Waals surface area contributed by atoms with Crippen molar-refractivity contribution in [3.8, 4) is 0 Å². The summed E-state index contributed by atoms with van der Waals surface area (Å²) < 4.78 is 27.7. The Morgan fingerprint density at radius 2 is 1.65 bits per heavy atom. The van der Waals surface area contributed by atoms with Crippen molar-refractivity contribution in [2.75, 3.05) is 6.54 Å². The zero-order valence-electron chi connectivity index (χ0n) is 21.4. The quantitative estimate of drug-likeness (QED) is 0.314. The van der Waals surface area contributed by atoms with Gasteiger partial charge in [-0.15, -0.1) is 0 Å². The number of nitrogens with one attached hydrogen (secondary N) is 2. The molecule has 0 aliphatic heterocycles. The highest BCUT2D eigenvalue weighted by Crippen LogP contribution is 2.34. The van der Waals surface area contributed by atoms with Gasteiger partial charge in [0, 0.05) is 24.7 Å². The topological polar surface area (TPSA) is 61.4 Å². The van der Waals surface area contributed by atoms with Gasteiger partial charge in [-0.25, -0.2) is 8.78 Å². The Hall–Kier alpha value is -3.09. The number of hydrogen-bond donors (Lipinski definition) is 3. The van der Waals surface area contributed by atoms with Gasteiger partial charge in [0.2, 0.25) is 0 Å². The van der Waals surface area contributed by atoms with E-state index in [1.165, 1.54) is 30.5 Å². The van der Waals surface area contributed by atoms with Crippen LogP contribution in [0.25, 0.3) is 0 Å². The van der Waals surface area contributed by atoms with E-state index >= 15 is 0 Å². The lowest BCUT2D eigenvalue weighted by Crippen LogP contribution is -2.48. The van der Waals surface area contributed by atoms with Gasteiger partial charge >= 0.3 is 0 Å². The summed E-state index contributed by atoms with van der Waals surface area (Å²) in [4.78, 5) is 13.2. The molecule has 0 aromatic heterocycles. The number of amides is 1. The molecule has 0 saturated heterocycles. The van der Waals surface area contributed by atoms with Crippen molar-refractivity contribution in [2.24, 2.45) is 0 Å². The van der Waals surface area contributed by atoms with E-state index in [0.29, 0.717) is 23.6 Å². The van der Waals surface area contributed by atoms with E-state index in [1.807, 2.05) is 24.3 Å². The summed E-state index contributed by atoms with van der Waals surface area (Å²) in [6, 6.07) is 18.4. The molecule has 0 bridgehead atoms. The van der Waals surface area contributed by atoms with Crippen molar-refractivity contribution < 1.29 is 18.7 Å². The molecule has 3 aromatic carbocycles. The Bertz CT molecular complexity index is 1170. The third-order valence-electron chi connectivity index (χ3n) is 7.22. The van der Waals surface area contributed by atoms with Gasteiger partial charge in [0.05, 0.1) is 12.1 Å². The average Bonchev–Trinajstić information content (AvgIpc) is 3.43. The SMILES string of the molecule is CCc1cccc(CNCC(O)C(Cc2cc(F)cc(F)c2)NC(=O)c2cccc(C3CCCC3)c2)c1. The molecule has 1 amide bonds. The molecular weight excluding hydrogens is 470 g/mol. The van der Waals surface area contributed by atoms with Crippen LogP contribution in [0.1, 0.15) is 71.1 Å². The van der Waals surface area contributed by atoms with Gasteiger partial charge < -0.3 is 15.7 Å². The third kappa shape index (κ3) is 7.70. The molecule has 2 unspecified atom stereocenters. The Morgan fingerprint density at radius 3 is 2.38 bits per heavy atom. The van der Waals surface area contributed by atoms with Crippen LogP contribution in [0.2, 0.25) is 0 Å². The summed E-state index contributed by atoms with van der Waals surface area (Å²) in [7, 11) is 0. The predicted molar refractivity (Wildman–Crippen MR) is 143 cm³/mol. The number of aryl methyl sites for hydroxylation is 1. The minimum absolute atomic E-state index is 0.0941. The van der Waals surface area contributed by atoms with Gasteiger partial charge in [0.1, 0.15) is 11.6 Å². The lowest BCUT2D eigenvalue weighted by atomic mass is 9.95. The molecule has 1 saturated carbocycles. The van der Waals surface area contributed by atoms with Crippen molar-refractivity contribution in [1.29, 1.82) is 0 Å². The normalized spacial score (nSPS) is 15.5. The molecular formula is C31H36F2N2O2. The maximum absolute atomic E-state index is 13.8. The van der Waals surface area contributed by atoms with Crippen LogP contribution in [0.3, 0.4) is 0 Å². The highest BCUT2D eigenvalue weighted by Gasteiger charge is 2.24. The fourth-order valence-electron chi connectivity index (χ4n) is 5.18. The molecule has 4 nitrogen and oxygen atoms in total. The number of halogens is 2. The second kappa shape index (κ2) is 12.9. The lowest BCUT2D eigenvalue weighted by Gasteiger charge is -2.25. The maximum Gasteiger partial charge on any atom is 0.251 e. The summed E-state index contributed by atoms with van der Waals surface area (Å²) >= 11 is 0. The Balaban J connectivity index is 1.46. The Morgan fingerprint density at radius 1 is 0.946 bits per heavy atom. The smallest absolute Gasteiger partial charge is 0.251 e. The first-order valence-electron chi connectivity index (χ1n) is 13.2. The highest BCUT2D eigenvalue weighted by molar-refractivity contribution is 5.94. The van der Waals surface area contributed by atoms with Gasteiger partial charge in [0.15, 0.2) is 0 Å². The minimum atomic E-state index is -0.970. The summed E-state index contributed by atoms with van der Waals surface area (Å²) in [5, 5.41) is 17.2. The molecule has 0 radical (unpaired) electrons. The molecule has 3 N–H and O–H groups in total. The molecule has 1 fully saturated rings. The number of rotatable bonds is 11. The summed E-state index contributed by atoms with van der Waals surface area (Å²) in [5.74, 6) is -1.21. The van der Waals surface area contributed by atoms with E-state index in [-0.39, 0.29) is 18.9 Å². The zero-order chi connectivity index (χ0) is 26.2. The molecule has 37 heavy (non-hydrogen) atoms. The Kier molecular flexibility index (Phi) is 9.42. The van der Waals surface area contributed by atoms with E-state index < -0.39 is 23.8 Å². The standard InChI is InChI=1S/C31H36F2N2O2/c1-2-21-7-5-8-22(13-21)19-34-20-30(36)29(16-23-14-27(32)18-28(33)15-23)35-31(37)26-12-6-11-25(17-26)24-9-3-4-10-24/h5-8,11-15,17-18,24,29-30,34,36H,2-4,9-10,16,19-20H2,1H3,(H,35,37). The number of carbonyl (C=O) groups excluding carboxylic acids is 1. The second-order valence-electron chi connectivity index (χ2n) is 10.0. The first-order valence-corrected chi connectivity index (χ1v) is 13.2. The van der Waals surface area contributed by atoms with Crippen LogP contribution in [0, 0.1) is 11.6 Å². The van der Waals surface area contributed by atoms with Crippen molar-refractivity contribution in [1.82, 2.24) is 10.6 Å². The molecule has 4 rings (SSSR count). The lowest BCUT2D eigenvalue weighted by molar-refractivity contribution is 0.0829. The largest absolute Gasteiger partial charge is 0.390 e. The number of benzene rings is 3. The van der Waals surface area contributed by atoms with Gasteiger partial charge in [-0.3, -0.25) is 4.79 Å². The van der Waals surface area contributed by atoms with Crippen LogP contribution in [-0.4, -0.2) is 29.7 Å². The first-order chi connectivity index (χ1) is 17.9. The van der Waals surface area contributed by atoms with Crippen LogP contribution >= 0.6 is 0 Å². The summed E-state index contributed by atoms with van der Waals surface area (Å²) in [6.07, 6.45) is 4.73. The van der Waals surface area contributed by atoms with E-state index in [2.05, 4.69) is 35.8 Å². The third-order valence-corrected chi connectivity index (χ3v) is 7.22. The van der Waals surface area contributed by atoms with Crippen molar-refractivity contribution in [3.05, 3.63) is 106 Å². The van der Waals surface area contributed by atoms with Crippen LogP contribution in [0.15, 0.2) is 66.7 Å². The van der Waals surface area contributed by atoms with E-state index in [9.17, 15) is 18.7 Å². The molecule has 3 aromatic rings. The number of hydrogen-bond acceptors (Lipinski definition) is 3. The van der Waals surface area contributed by atoms with Crippen LogP contribution < -0.4 is 10.6 Å². The average molecular weight is 507 g/mol. The van der Waals surface area contributed by atoms with Crippen LogP contribution in [-0.2, 0) is 19.4 Å². The Labute approximate surface area is 218 Å². The molecule has 0 spiro atoms. The fourth-order valence-corrected chi connectivity index (χ4v) is 5.18. The van der Waals surface area contributed by atoms with E-state index in [4.69, 9.17) is 0 Å². The van der Waals surface area contributed by atoms with Gasteiger partial charge in [0.25, 0.3) is 5.91 Å². The van der Waals surface area contributed by atoms with Crippen molar-refractivity contribution in [3.63, 3.8) is 0 Å². The van der Waals surface area contributed by atoms with Crippen molar-refractivity contribution in [2.45, 2.75) is 70.1 Å². The van der Waals surface area contributed by atoms with Crippen LogP contribution in [0.5, 0.6) is 0 Å². The predicted octanol–water partition coefficient (Wildman–Crippen LogP) is 5.68. The van der Waals surface area contributed by atoms with E-state index in [1.54, 1.807) is 6.07 Å². The van der Waals surface area contributed by atoms with Crippen molar-refractivity contribution >= 4 is 5.91 Å². The van der Waals surface area contributed by atoms with Crippen LogP contribution in [0.4, 0.5) is 8.78 Å². The molecule has 1 aliphatic carbocycles. The number of carbonyl (C=O) groups is 1. The number of aliphatic hydroxyl groups is 1. The fraction of sp³-hybridized carbons (Fsp3) is 0.387. The summed E-state index contributed by atoms with van der Waals surface area (Å²) in [6.45, 7) is 2.87. The monoisotopic (exact) mass is 506 g/mol. The zero-order valence-corrected chi connectivity index (χ0v) is 21.4. The number of aliphatic hydroxyl groups excluding tert-OH is 1. The van der Waals surface area contributed by atoms with E-state index in [0.717, 1.165) is 36.5 Å². The van der Waals surface area contributed by atoms with Gasteiger partial charge in [-0.2, -0.15) is 0 Å². The molecule has 196 valence electrons.